The molecule has 1 aliphatic carbocycles. The van der Waals surface area contributed by atoms with Gasteiger partial charge in [0.15, 0.2) is 0 Å². The van der Waals surface area contributed by atoms with Crippen molar-refractivity contribution in [1.29, 1.82) is 0 Å². The number of nitrogens with one attached hydrogen (secondary N) is 1. The van der Waals surface area contributed by atoms with Gasteiger partial charge in [-0.1, -0.05) is 27.2 Å². The van der Waals surface area contributed by atoms with E-state index in [4.69, 9.17) is 0 Å². The lowest BCUT2D eigenvalue weighted by atomic mass is 9.87. The van der Waals surface area contributed by atoms with Gasteiger partial charge in [-0.25, -0.2) is 0 Å². The molecule has 2 nitrogen and oxygen atoms in total. The van der Waals surface area contributed by atoms with Crippen LogP contribution in [-0.2, 0) is 0 Å². The van der Waals surface area contributed by atoms with Gasteiger partial charge in [0.05, 0.1) is 0 Å². The van der Waals surface area contributed by atoms with Crippen LogP contribution in [0.5, 0.6) is 0 Å². The van der Waals surface area contributed by atoms with E-state index in [2.05, 4.69) is 31.0 Å². The van der Waals surface area contributed by atoms with Crippen molar-refractivity contribution < 1.29 is 0 Å². The van der Waals surface area contributed by atoms with Gasteiger partial charge in [-0.15, -0.1) is 0 Å². The number of hydrogen-bond donors (Lipinski definition) is 1. The Labute approximate surface area is 101 Å². The van der Waals surface area contributed by atoms with Gasteiger partial charge in [0.2, 0.25) is 0 Å². The van der Waals surface area contributed by atoms with Gasteiger partial charge in [-0.05, 0) is 37.6 Å². The third-order valence-corrected chi connectivity index (χ3v) is 4.09. The van der Waals surface area contributed by atoms with E-state index in [0.717, 1.165) is 23.9 Å². The Morgan fingerprint density at radius 1 is 1.25 bits per heavy atom. The molecule has 2 heteroatoms. The first kappa shape index (κ1) is 12.4. The molecule has 0 aromatic carbocycles. The van der Waals surface area contributed by atoms with Crippen LogP contribution in [0.15, 0.2) is 0 Å². The molecule has 0 bridgehead atoms. The van der Waals surface area contributed by atoms with Gasteiger partial charge in [0.25, 0.3) is 0 Å². The van der Waals surface area contributed by atoms with E-state index in [1.54, 1.807) is 0 Å². The van der Waals surface area contributed by atoms with Gasteiger partial charge in [0, 0.05) is 25.2 Å². The fourth-order valence-electron chi connectivity index (χ4n) is 2.99. The maximum absolute atomic E-state index is 3.74. The predicted molar refractivity (Wildman–Crippen MR) is 69.6 cm³/mol. The van der Waals surface area contributed by atoms with Gasteiger partial charge < -0.3 is 5.32 Å². The molecule has 1 saturated heterocycles. The zero-order valence-electron chi connectivity index (χ0n) is 11.2. The smallest absolute Gasteiger partial charge is 0.0198 e. The molecule has 2 rings (SSSR count). The van der Waals surface area contributed by atoms with Crippen molar-refractivity contribution in [2.45, 2.75) is 58.5 Å². The summed E-state index contributed by atoms with van der Waals surface area (Å²) in [6.45, 7) is 10.8. The van der Waals surface area contributed by atoms with Crippen molar-refractivity contribution in [1.82, 2.24) is 10.2 Å². The van der Waals surface area contributed by atoms with E-state index in [-0.39, 0.29) is 0 Å². The molecule has 16 heavy (non-hydrogen) atoms. The molecule has 2 atom stereocenters. The number of hydrogen-bond acceptors (Lipinski definition) is 2. The van der Waals surface area contributed by atoms with Crippen molar-refractivity contribution in [3.05, 3.63) is 0 Å². The Bertz CT molecular complexity index is 211. The molecule has 1 aliphatic heterocycles. The Kier molecular flexibility index (Phi) is 4.26. The second-order valence-corrected chi connectivity index (χ2v) is 6.38. The van der Waals surface area contributed by atoms with Crippen molar-refractivity contribution in [2.75, 3.05) is 19.6 Å². The summed E-state index contributed by atoms with van der Waals surface area (Å²) in [6.07, 6.45) is 5.73. The Balaban J connectivity index is 1.79. The van der Waals surface area contributed by atoms with Crippen LogP contribution in [-0.4, -0.2) is 36.6 Å². The minimum Gasteiger partial charge on any atom is -0.312 e. The van der Waals surface area contributed by atoms with Crippen molar-refractivity contribution >= 4 is 0 Å². The summed E-state index contributed by atoms with van der Waals surface area (Å²) in [6, 6.07) is 1.66. The second-order valence-electron chi connectivity index (χ2n) is 6.38. The molecular weight excluding hydrogens is 196 g/mol. The van der Waals surface area contributed by atoms with Crippen LogP contribution in [0.25, 0.3) is 0 Å². The number of piperidine rings is 1. The van der Waals surface area contributed by atoms with E-state index in [9.17, 15) is 0 Å². The fourth-order valence-corrected chi connectivity index (χ4v) is 2.99. The standard InChI is InChI=1S/C14H28N2/c1-11(2)8-15-13-7-12(3)9-16(10-13)14-5-4-6-14/h11-15H,4-10H2,1-3H3. The molecule has 0 amide bonds. The highest BCUT2D eigenvalue weighted by Crippen LogP contribution is 2.29. The Morgan fingerprint density at radius 2 is 2.00 bits per heavy atom. The average Bonchev–Trinajstić information content (AvgIpc) is 2.11. The highest BCUT2D eigenvalue weighted by Gasteiger charge is 2.31. The van der Waals surface area contributed by atoms with Crippen LogP contribution in [0.2, 0.25) is 0 Å². The molecule has 2 aliphatic rings. The van der Waals surface area contributed by atoms with Crippen LogP contribution < -0.4 is 5.32 Å². The van der Waals surface area contributed by atoms with Crippen LogP contribution in [0.1, 0.15) is 46.5 Å². The molecule has 0 aromatic rings. The molecule has 1 N–H and O–H groups in total. The first-order valence-corrected chi connectivity index (χ1v) is 7.12. The number of likely N-dealkylation sites (tertiary alicyclic amines) is 1. The minimum absolute atomic E-state index is 0.742. The van der Waals surface area contributed by atoms with Gasteiger partial charge >= 0.3 is 0 Å². The topological polar surface area (TPSA) is 15.3 Å². The lowest BCUT2D eigenvalue weighted by Crippen LogP contribution is -2.54. The summed E-state index contributed by atoms with van der Waals surface area (Å²) in [5.41, 5.74) is 0. The molecule has 94 valence electrons. The van der Waals surface area contributed by atoms with Crippen LogP contribution in [0.4, 0.5) is 0 Å². The Hall–Kier alpha value is -0.0800. The molecule has 1 saturated carbocycles. The van der Waals surface area contributed by atoms with Gasteiger partial charge in [0.1, 0.15) is 0 Å². The summed E-state index contributed by atoms with van der Waals surface area (Å²) in [7, 11) is 0. The highest BCUT2D eigenvalue weighted by atomic mass is 15.2. The van der Waals surface area contributed by atoms with E-state index < -0.39 is 0 Å². The SMILES string of the molecule is CC(C)CNC1CC(C)CN(C2CCC2)C1. The van der Waals surface area contributed by atoms with E-state index >= 15 is 0 Å². The predicted octanol–water partition coefficient (Wildman–Crippen LogP) is 2.49. The highest BCUT2D eigenvalue weighted by molar-refractivity contribution is 4.88. The monoisotopic (exact) mass is 224 g/mol. The first-order valence-electron chi connectivity index (χ1n) is 7.12. The molecule has 2 fully saturated rings. The van der Waals surface area contributed by atoms with E-state index in [1.807, 2.05) is 0 Å². The minimum atomic E-state index is 0.742. The maximum atomic E-state index is 3.74. The number of nitrogens with zero attached hydrogens (tertiary/aromatic N) is 1. The lowest BCUT2D eigenvalue weighted by molar-refractivity contribution is 0.0628. The molecule has 1 heterocycles. The second kappa shape index (κ2) is 5.50. The summed E-state index contributed by atoms with van der Waals surface area (Å²) in [5, 5.41) is 3.74. The molecule has 2 unspecified atom stereocenters. The quantitative estimate of drug-likeness (QED) is 0.789. The zero-order chi connectivity index (χ0) is 11.5. The summed E-state index contributed by atoms with van der Waals surface area (Å²) >= 11 is 0. The van der Waals surface area contributed by atoms with E-state index in [0.29, 0.717) is 0 Å². The van der Waals surface area contributed by atoms with Gasteiger partial charge in [-0.2, -0.15) is 0 Å². The summed E-state index contributed by atoms with van der Waals surface area (Å²) in [5.74, 6) is 1.65. The third kappa shape index (κ3) is 3.21. The average molecular weight is 224 g/mol. The Morgan fingerprint density at radius 3 is 2.56 bits per heavy atom. The third-order valence-electron chi connectivity index (χ3n) is 4.09. The van der Waals surface area contributed by atoms with Crippen LogP contribution in [0.3, 0.4) is 0 Å². The first-order chi connectivity index (χ1) is 7.65. The van der Waals surface area contributed by atoms with Crippen molar-refractivity contribution in [3.63, 3.8) is 0 Å². The maximum Gasteiger partial charge on any atom is 0.0198 e. The van der Waals surface area contributed by atoms with Gasteiger partial charge in [-0.3, -0.25) is 4.90 Å². The van der Waals surface area contributed by atoms with Crippen LogP contribution in [0, 0.1) is 11.8 Å². The molecular formula is C14H28N2. The summed E-state index contributed by atoms with van der Waals surface area (Å²) < 4.78 is 0. The molecule has 0 radical (unpaired) electrons. The van der Waals surface area contributed by atoms with Crippen molar-refractivity contribution in [3.8, 4) is 0 Å². The fraction of sp³-hybridized carbons (Fsp3) is 1.00. The number of rotatable bonds is 4. The van der Waals surface area contributed by atoms with E-state index in [1.165, 1.54) is 45.3 Å². The largest absolute Gasteiger partial charge is 0.312 e. The molecule has 0 spiro atoms. The summed E-state index contributed by atoms with van der Waals surface area (Å²) in [4.78, 5) is 2.75. The van der Waals surface area contributed by atoms with Crippen LogP contribution >= 0.6 is 0 Å². The lowest BCUT2D eigenvalue weighted by Gasteiger charge is -2.45. The zero-order valence-corrected chi connectivity index (χ0v) is 11.2. The molecule has 0 aromatic heterocycles. The normalized spacial score (nSPS) is 33.0. The van der Waals surface area contributed by atoms with Crippen molar-refractivity contribution in [2.24, 2.45) is 11.8 Å².